The van der Waals surface area contributed by atoms with Crippen molar-refractivity contribution in [1.29, 1.82) is 0 Å². The van der Waals surface area contributed by atoms with Crippen molar-refractivity contribution in [3.8, 4) is 0 Å². The largest absolute Gasteiger partial charge is 0.349 e. The number of carbonyl (C=O) groups excluding carboxylic acids is 1. The highest BCUT2D eigenvalue weighted by atomic mass is 32.2. The maximum absolute atomic E-state index is 11.8. The van der Waals surface area contributed by atoms with Crippen molar-refractivity contribution in [3.05, 3.63) is 11.5 Å². The lowest BCUT2D eigenvalue weighted by atomic mass is 9.94. The Kier molecular flexibility index (Phi) is 6.51. The smallest absolute Gasteiger partial charge is 0.220 e. The van der Waals surface area contributed by atoms with E-state index in [9.17, 15) is 13.2 Å². The van der Waals surface area contributed by atoms with E-state index < -0.39 is 9.84 Å². The molecule has 0 radical (unpaired) electrons. The maximum Gasteiger partial charge on any atom is 0.220 e. The number of rotatable bonds is 8. The normalized spacial score (nSPS) is 22.3. The molecule has 6 heteroatoms. The Bertz CT molecular complexity index is 412. The van der Waals surface area contributed by atoms with E-state index in [-0.39, 0.29) is 17.7 Å². The van der Waals surface area contributed by atoms with Crippen LogP contribution >= 0.6 is 0 Å². The topological polar surface area (TPSA) is 89.3 Å². The van der Waals surface area contributed by atoms with Crippen LogP contribution in [-0.2, 0) is 14.6 Å². The summed E-state index contributed by atoms with van der Waals surface area (Å²) < 4.78 is 22.4. The first-order chi connectivity index (χ1) is 8.96. The number of nitrogens with one attached hydrogen (secondary N) is 1. The van der Waals surface area contributed by atoms with E-state index in [0.717, 1.165) is 25.7 Å². The molecule has 2 unspecified atom stereocenters. The minimum absolute atomic E-state index is 0.0140. The van der Waals surface area contributed by atoms with Gasteiger partial charge in [-0.2, -0.15) is 0 Å². The molecule has 2 atom stereocenters. The van der Waals surface area contributed by atoms with E-state index in [2.05, 4.69) is 12.2 Å². The van der Waals surface area contributed by atoms with Gasteiger partial charge in [0.25, 0.3) is 0 Å². The highest BCUT2D eigenvalue weighted by Gasteiger charge is 2.23. The molecule has 0 fully saturated rings. The lowest BCUT2D eigenvalue weighted by molar-refractivity contribution is -0.121. The fourth-order valence-electron chi connectivity index (χ4n) is 2.36. The molecule has 0 aromatic rings. The second-order valence-corrected chi connectivity index (χ2v) is 7.03. The fraction of sp³-hybridized carbons (Fsp3) is 0.769. The zero-order valence-corrected chi connectivity index (χ0v) is 12.3. The number of nitrogens with two attached hydrogens (primary N) is 1. The van der Waals surface area contributed by atoms with Crippen LogP contribution in [0, 0.1) is 5.92 Å². The van der Waals surface area contributed by atoms with Gasteiger partial charge in [0.05, 0.1) is 11.8 Å². The van der Waals surface area contributed by atoms with Crippen LogP contribution in [0.3, 0.4) is 0 Å². The number of carbonyl (C=O) groups is 1. The molecule has 0 aliphatic carbocycles. The minimum atomic E-state index is -3.10. The van der Waals surface area contributed by atoms with Crippen LogP contribution in [0.4, 0.5) is 0 Å². The summed E-state index contributed by atoms with van der Waals surface area (Å²) in [5, 5.41) is 3.91. The number of amides is 1. The number of sulfone groups is 1. The van der Waals surface area contributed by atoms with E-state index in [0.29, 0.717) is 18.9 Å². The van der Waals surface area contributed by atoms with Crippen LogP contribution < -0.4 is 11.1 Å². The quantitative estimate of drug-likeness (QED) is 0.696. The van der Waals surface area contributed by atoms with Crippen molar-refractivity contribution in [2.24, 2.45) is 11.7 Å². The Morgan fingerprint density at radius 2 is 2.16 bits per heavy atom. The van der Waals surface area contributed by atoms with E-state index >= 15 is 0 Å². The Labute approximate surface area is 115 Å². The SMILES string of the molecule is CCCC(CCN)CCC(=O)NC1C=CS(=O)(=O)C1. The summed E-state index contributed by atoms with van der Waals surface area (Å²) in [6.45, 7) is 2.77. The van der Waals surface area contributed by atoms with Gasteiger partial charge in [0.2, 0.25) is 5.91 Å². The van der Waals surface area contributed by atoms with Gasteiger partial charge in [0.1, 0.15) is 0 Å². The Balaban J connectivity index is 2.29. The van der Waals surface area contributed by atoms with Gasteiger partial charge >= 0.3 is 0 Å². The molecule has 1 aliphatic rings. The zero-order chi connectivity index (χ0) is 14.3. The fourth-order valence-corrected chi connectivity index (χ4v) is 3.59. The molecule has 1 aliphatic heterocycles. The van der Waals surface area contributed by atoms with Crippen LogP contribution in [0.25, 0.3) is 0 Å². The summed E-state index contributed by atoms with van der Waals surface area (Å²) in [6, 6.07) is -0.364. The van der Waals surface area contributed by atoms with E-state index in [1.807, 2.05) is 0 Å². The molecule has 0 spiro atoms. The van der Waals surface area contributed by atoms with Gasteiger partial charge in [-0.1, -0.05) is 19.8 Å². The zero-order valence-electron chi connectivity index (χ0n) is 11.5. The van der Waals surface area contributed by atoms with E-state index in [1.165, 1.54) is 11.5 Å². The summed E-state index contributed by atoms with van der Waals surface area (Å²) in [5.74, 6) is 0.397. The summed E-state index contributed by atoms with van der Waals surface area (Å²) in [4.78, 5) is 11.8. The Hall–Kier alpha value is -0.880. The Morgan fingerprint density at radius 1 is 1.42 bits per heavy atom. The second-order valence-electron chi connectivity index (χ2n) is 5.10. The highest BCUT2D eigenvalue weighted by Crippen LogP contribution is 2.17. The molecule has 0 aromatic heterocycles. The molecule has 0 saturated carbocycles. The lowest BCUT2D eigenvalue weighted by Gasteiger charge is -2.15. The van der Waals surface area contributed by atoms with Crippen molar-refractivity contribution in [2.75, 3.05) is 12.3 Å². The minimum Gasteiger partial charge on any atom is -0.349 e. The summed E-state index contributed by atoms with van der Waals surface area (Å²) >= 11 is 0. The van der Waals surface area contributed by atoms with Crippen LogP contribution in [0.5, 0.6) is 0 Å². The van der Waals surface area contributed by atoms with Gasteiger partial charge in [-0.3, -0.25) is 4.79 Å². The van der Waals surface area contributed by atoms with Crippen molar-refractivity contribution in [1.82, 2.24) is 5.32 Å². The van der Waals surface area contributed by atoms with Crippen molar-refractivity contribution < 1.29 is 13.2 Å². The van der Waals surface area contributed by atoms with Crippen molar-refractivity contribution in [3.63, 3.8) is 0 Å². The van der Waals surface area contributed by atoms with Crippen LogP contribution in [0.15, 0.2) is 11.5 Å². The summed E-state index contributed by atoms with van der Waals surface area (Å²) in [6.07, 6.45) is 5.92. The molecule has 1 rings (SSSR count). The first kappa shape index (κ1) is 16.2. The van der Waals surface area contributed by atoms with Crippen molar-refractivity contribution in [2.45, 2.75) is 45.1 Å². The van der Waals surface area contributed by atoms with Crippen LogP contribution in [0.2, 0.25) is 0 Å². The van der Waals surface area contributed by atoms with Gasteiger partial charge in [0.15, 0.2) is 9.84 Å². The predicted molar refractivity (Wildman–Crippen MR) is 76.2 cm³/mol. The van der Waals surface area contributed by atoms with Crippen LogP contribution in [0.1, 0.15) is 39.0 Å². The predicted octanol–water partition coefficient (Wildman–Crippen LogP) is 0.959. The lowest BCUT2D eigenvalue weighted by Crippen LogP contribution is -2.35. The van der Waals surface area contributed by atoms with Gasteiger partial charge in [-0.25, -0.2) is 8.42 Å². The summed E-state index contributed by atoms with van der Waals surface area (Å²) in [5.41, 5.74) is 5.55. The molecule has 3 N–H and O–H groups in total. The first-order valence-corrected chi connectivity index (χ1v) is 8.58. The standard InChI is InChI=1S/C13H24N2O3S/c1-2-3-11(6-8-14)4-5-13(16)15-12-7-9-19(17,18)10-12/h7,9,11-12H,2-6,8,10,14H2,1H3,(H,15,16). The van der Waals surface area contributed by atoms with Gasteiger partial charge in [0, 0.05) is 11.8 Å². The molecule has 1 amide bonds. The van der Waals surface area contributed by atoms with Gasteiger partial charge in [-0.05, 0) is 31.4 Å². The van der Waals surface area contributed by atoms with Gasteiger partial charge in [-0.15, -0.1) is 0 Å². The molecule has 0 aromatic carbocycles. The third kappa shape index (κ3) is 6.20. The number of hydrogen-bond acceptors (Lipinski definition) is 4. The van der Waals surface area contributed by atoms with Crippen molar-refractivity contribution >= 4 is 15.7 Å². The number of hydrogen-bond donors (Lipinski definition) is 2. The summed E-state index contributed by atoms with van der Waals surface area (Å²) in [7, 11) is -3.10. The Morgan fingerprint density at radius 3 is 2.68 bits per heavy atom. The highest BCUT2D eigenvalue weighted by molar-refractivity contribution is 7.94. The molecule has 0 saturated heterocycles. The van der Waals surface area contributed by atoms with E-state index in [1.54, 1.807) is 0 Å². The molecule has 5 nitrogen and oxygen atoms in total. The third-order valence-corrected chi connectivity index (χ3v) is 4.72. The average Bonchev–Trinajstić information content (AvgIpc) is 2.66. The maximum atomic E-state index is 11.8. The molecular weight excluding hydrogens is 264 g/mol. The van der Waals surface area contributed by atoms with E-state index in [4.69, 9.17) is 5.73 Å². The van der Waals surface area contributed by atoms with Crippen LogP contribution in [-0.4, -0.2) is 32.7 Å². The molecule has 1 heterocycles. The average molecular weight is 288 g/mol. The van der Waals surface area contributed by atoms with Gasteiger partial charge < -0.3 is 11.1 Å². The first-order valence-electron chi connectivity index (χ1n) is 6.87. The monoisotopic (exact) mass is 288 g/mol. The molecule has 19 heavy (non-hydrogen) atoms. The molecule has 0 bridgehead atoms. The third-order valence-electron chi connectivity index (χ3n) is 3.33. The second kappa shape index (κ2) is 7.65. The molecular formula is C13H24N2O3S. The molecule has 110 valence electrons.